The van der Waals surface area contributed by atoms with E-state index in [2.05, 4.69) is 20.8 Å². The van der Waals surface area contributed by atoms with E-state index < -0.39 is 17.3 Å². The van der Waals surface area contributed by atoms with Crippen LogP contribution < -0.4 is 0 Å². The van der Waals surface area contributed by atoms with Crippen molar-refractivity contribution >= 4 is 10.8 Å². The standard InChI is InChI=1S/C14H23O3S.C5H5.Fe/c1-14(2,3)18(16)11-8-13(17-10-9-15)12-6-4-5-7-12;1-2-4-5-3-1;/h4-7,13,15H,8-11H2,1-3H3;1-5H;. The molecule has 10 aliphatic heterocycles. The molecule has 6 unspecified atom stereocenters. The number of aliphatic hydroxyl groups is 1. The maximum absolute atomic E-state index is 12.7. The minimum atomic E-state index is -3.16. The molecule has 0 radical (unpaired) electrons. The Bertz CT molecular complexity index is 1070. The summed E-state index contributed by atoms with van der Waals surface area (Å²) in [7, 11) is -0.772. The van der Waals surface area contributed by atoms with Gasteiger partial charge in [-0.1, -0.05) is 0 Å². The number of ether oxygens (including phenoxy) is 1. The van der Waals surface area contributed by atoms with Gasteiger partial charge in [-0.3, -0.25) is 0 Å². The van der Waals surface area contributed by atoms with Crippen LogP contribution >= 0.6 is 0 Å². The molecule has 24 heavy (non-hydrogen) atoms. The fourth-order valence-corrected chi connectivity index (χ4v) is 94.5. The molecule has 136 valence electrons. The van der Waals surface area contributed by atoms with Crippen LogP contribution in [0.15, 0.2) is 0 Å². The molecule has 10 fully saturated rings. The van der Waals surface area contributed by atoms with Crippen molar-refractivity contribution in [2.75, 3.05) is 19.0 Å². The summed E-state index contributed by atoms with van der Waals surface area (Å²) in [6.45, 7) is 3.77. The molecule has 1 spiro atoms. The summed E-state index contributed by atoms with van der Waals surface area (Å²) in [5.74, 6) is 0.803. The first-order valence-corrected chi connectivity index (χ1v) is 17.6. The predicted octanol–water partition coefficient (Wildman–Crippen LogP) is 4.06. The zero-order valence-corrected chi connectivity index (χ0v) is 16.5. The van der Waals surface area contributed by atoms with Crippen LogP contribution in [0.25, 0.3) is 0 Å². The first-order chi connectivity index (χ1) is 11.1. The number of aliphatic hydroxyl groups excluding tert-OH is 1. The monoisotopic (exact) mass is 392 g/mol. The molecule has 0 aromatic rings. The zero-order valence-electron chi connectivity index (χ0n) is 14.6. The van der Waals surface area contributed by atoms with Crippen LogP contribution in [0.2, 0.25) is 47.7 Å². The normalized spacial score (nSPS) is 91.4. The Morgan fingerprint density at radius 2 is 1.62 bits per heavy atom. The molecule has 0 amide bonds. The van der Waals surface area contributed by atoms with Gasteiger partial charge in [0.1, 0.15) is 0 Å². The Kier molecular flexibility index (Phi) is 0.666. The van der Waals surface area contributed by atoms with Crippen LogP contribution in [-0.4, -0.2) is 39.1 Å². The van der Waals surface area contributed by atoms with Gasteiger partial charge in [0.15, 0.2) is 0 Å². The summed E-state index contributed by atoms with van der Waals surface area (Å²) in [6.07, 6.45) is 1.39. The van der Waals surface area contributed by atoms with Crippen LogP contribution in [0, 0.1) is 0 Å². The van der Waals surface area contributed by atoms with Gasteiger partial charge in [0, 0.05) is 0 Å². The van der Waals surface area contributed by atoms with Gasteiger partial charge < -0.3 is 0 Å². The van der Waals surface area contributed by atoms with E-state index in [4.69, 9.17) is 4.74 Å². The van der Waals surface area contributed by atoms with Crippen molar-refractivity contribution in [2.45, 2.75) is 85.7 Å². The van der Waals surface area contributed by atoms with Crippen LogP contribution in [0.4, 0.5) is 0 Å². The van der Waals surface area contributed by atoms with Crippen molar-refractivity contribution in [1.82, 2.24) is 0 Å². The first kappa shape index (κ1) is 12.1. The van der Waals surface area contributed by atoms with E-state index in [9.17, 15) is 9.32 Å². The van der Waals surface area contributed by atoms with Crippen molar-refractivity contribution < 1.29 is 20.6 Å². The average molecular weight is 392 g/mol. The van der Waals surface area contributed by atoms with E-state index in [1.165, 1.54) is 43.3 Å². The molecule has 10 heterocycles. The topological polar surface area (TPSA) is 46.5 Å². The quantitative estimate of drug-likeness (QED) is 0.665. The third-order valence-electron chi connectivity index (χ3n) is 16.9. The van der Waals surface area contributed by atoms with E-state index in [0.29, 0.717) is 17.0 Å². The molecule has 5 heteroatoms. The Labute approximate surface area is 136 Å². The van der Waals surface area contributed by atoms with Crippen molar-refractivity contribution in [2.24, 2.45) is 0 Å². The molecule has 3 nitrogen and oxygen atoms in total. The number of fused-ring (bicyclic) bond motifs is 10. The molecule has 0 aromatic heterocycles. The zero-order chi connectivity index (χ0) is 16.2. The van der Waals surface area contributed by atoms with Gasteiger partial charge in [-0.15, -0.1) is 0 Å². The molecule has 0 saturated carbocycles. The van der Waals surface area contributed by atoms with Crippen LogP contribution in [0.3, 0.4) is 0 Å². The van der Waals surface area contributed by atoms with Crippen LogP contribution in [-0.2, 0) is 22.0 Å². The van der Waals surface area contributed by atoms with E-state index in [1.807, 2.05) is 0 Å². The second-order valence-electron chi connectivity index (χ2n) is 13.8. The molecule has 0 aromatic carbocycles. The Balaban J connectivity index is 1.12. The van der Waals surface area contributed by atoms with Crippen LogP contribution in [0.1, 0.15) is 27.2 Å². The summed E-state index contributed by atoms with van der Waals surface area (Å²) in [5.41, 5.74) is 0. The third-order valence-corrected chi connectivity index (χ3v) is 61.6. The van der Waals surface area contributed by atoms with E-state index in [1.54, 1.807) is 0 Å². The molecule has 6 atom stereocenters. The SMILES string of the molecule is CC(C)(C)S(=O)CCC(OCCO)[C]12[CH]3[CH]4[CH]5[CH]1[Fe]45321678[CH]2[CH]1[CH]6[CH]7[CH]28. The Hall–Kier alpha value is 0.589. The van der Waals surface area contributed by atoms with Crippen molar-refractivity contribution in [3.63, 3.8) is 0 Å². The van der Waals surface area contributed by atoms with Crippen molar-refractivity contribution in [1.29, 1.82) is 0 Å². The average Bonchev–Trinajstić information content (AvgIpc) is 3.45. The van der Waals surface area contributed by atoms with Gasteiger partial charge in [0.05, 0.1) is 0 Å². The second-order valence-corrected chi connectivity index (χ2v) is 39.7. The predicted molar refractivity (Wildman–Crippen MR) is 90.6 cm³/mol. The molecule has 0 aliphatic carbocycles. The van der Waals surface area contributed by atoms with E-state index in [0.717, 1.165) is 12.2 Å². The molecule has 1 N–H and O–H groups in total. The fraction of sp³-hybridized carbons (Fsp3) is 1.00. The van der Waals surface area contributed by atoms with Crippen LogP contribution in [0.5, 0.6) is 0 Å². The first-order valence-electron chi connectivity index (χ1n) is 9.95. The maximum atomic E-state index is 12.7. The van der Waals surface area contributed by atoms with E-state index in [-0.39, 0.29) is 11.4 Å². The summed E-state index contributed by atoms with van der Waals surface area (Å²) in [4.78, 5) is 11.6. The van der Waals surface area contributed by atoms with Crippen molar-refractivity contribution in [3.05, 3.63) is 0 Å². The number of hydrogen-bond acceptors (Lipinski definition) is 3. The molecular formula is C19H28FeO3S. The minimum absolute atomic E-state index is 0.114. The summed E-state index contributed by atoms with van der Waals surface area (Å²) in [6, 6.07) is 0. The van der Waals surface area contributed by atoms with E-state index >= 15 is 0 Å². The number of hydrogen-bond donors (Lipinski definition) is 1. The summed E-state index contributed by atoms with van der Waals surface area (Å²) < 4.78 is 19.7. The molecule has 10 aliphatic rings. The molecule has 10 rings (SSSR count). The van der Waals surface area contributed by atoms with Gasteiger partial charge in [-0.25, -0.2) is 0 Å². The molecule has 10 saturated heterocycles. The second kappa shape index (κ2) is 1.32. The van der Waals surface area contributed by atoms with Gasteiger partial charge in [0.25, 0.3) is 0 Å². The van der Waals surface area contributed by atoms with Crippen molar-refractivity contribution in [3.8, 4) is 0 Å². The summed E-state index contributed by atoms with van der Waals surface area (Å²) >= 11 is 0. The van der Waals surface area contributed by atoms with Gasteiger partial charge >= 0.3 is 136 Å². The Morgan fingerprint density at radius 3 is 1.96 bits per heavy atom. The van der Waals surface area contributed by atoms with Gasteiger partial charge in [0.2, 0.25) is 0 Å². The summed E-state index contributed by atoms with van der Waals surface area (Å²) in [5, 5.41) is 9.37. The molecular weight excluding hydrogens is 364 g/mol. The van der Waals surface area contributed by atoms with Gasteiger partial charge in [-0.2, -0.15) is 0 Å². The Morgan fingerprint density at radius 1 is 1.08 bits per heavy atom. The molecule has 0 bridgehead atoms. The number of rotatable bonds is 7. The van der Waals surface area contributed by atoms with Gasteiger partial charge in [-0.05, 0) is 0 Å². The fourth-order valence-electron chi connectivity index (χ4n) is 18.4. The third kappa shape index (κ3) is 0.191.